The molecule has 0 spiro atoms. The van der Waals surface area contributed by atoms with Crippen molar-refractivity contribution in [3.63, 3.8) is 0 Å². The quantitative estimate of drug-likeness (QED) is 0.691. The van der Waals surface area contributed by atoms with Crippen molar-refractivity contribution < 1.29 is 19.0 Å². The second kappa shape index (κ2) is 5.34. The van der Waals surface area contributed by atoms with Gasteiger partial charge in [0.25, 0.3) is 0 Å². The van der Waals surface area contributed by atoms with E-state index >= 15 is 0 Å². The van der Waals surface area contributed by atoms with Crippen LogP contribution in [0.5, 0.6) is 5.75 Å². The zero-order chi connectivity index (χ0) is 11.3. The highest BCUT2D eigenvalue weighted by Gasteiger charge is 2.04. The van der Waals surface area contributed by atoms with Gasteiger partial charge in [0, 0.05) is 5.56 Å². The molecule has 15 heavy (non-hydrogen) atoms. The summed E-state index contributed by atoms with van der Waals surface area (Å²) in [5.74, 6) is -1.99. The molecule has 0 N–H and O–H groups in total. The molecule has 0 aliphatic heterocycles. The van der Waals surface area contributed by atoms with Gasteiger partial charge in [0.15, 0.2) is 11.6 Å². The average molecular weight is 211 g/mol. The molecule has 0 unspecified atom stereocenters. The molecule has 1 rings (SSSR count). The third kappa shape index (κ3) is 3.23. The molecule has 0 fully saturated rings. The normalized spacial score (nSPS) is 10.0. The van der Waals surface area contributed by atoms with Crippen molar-refractivity contribution in [3.8, 4) is 5.75 Å². The van der Waals surface area contributed by atoms with Crippen LogP contribution in [0.2, 0.25) is 0 Å². The van der Waals surface area contributed by atoms with E-state index in [0.29, 0.717) is 6.61 Å². The maximum atomic E-state index is 13.2. The molecule has 0 atom stereocenters. The molecule has 0 aromatic heterocycles. The molecule has 0 aliphatic carbocycles. The highest BCUT2D eigenvalue weighted by molar-refractivity contribution is 5.85. The smallest absolute Gasteiger partial charge is 0.165 e. The van der Waals surface area contributed by atoms with E-state index in [1.54, 1.807) is 0 Å². The first kappa shape index (κ1) is 11.5. The van der Waals surface area contributed by atoms with Gasteiger partial charge in [0.05, 0.1) is 12.6 Å². The highest BCUT2D eigenvalue weighted by atomic mass is 19.1. The van der Waals surface area contributed by atoms with Crippen LogP contribution in [0, 0.1) is 5.82 Å². The lowest BCUT2D eigenvalue weighted by Crippen LogP contribution is -2.22. The average Bonchev–Trinajstić information content (AvgIpc) is 2.20. The Morgan fingerprint density at radius 3 is 2.80 bits per heavy atom. The summed E-state index contributed by atoms with van der Waals surface area (Å²) in [4.78, 5) is 10.4. The monoisotopic (exact) mass is 211 g/mol. The second-order valence-corrected chi connectivity index (χ2v) is 3.13. The van der Waals surface area contributed by atoms with E-state index in [0.717, 1.165) is 18.9 Å². The highest BCUT2D eigenvalue weighted by Crippen LogP contribution is 2.18. The van der Waals surface area contributed by atoms with Gasteiger partial charge in [-0.15, -0.1) is 0 Å². The van der Waals surface area contributed by atoms with Gasteiger partial charge >= 0.3 is 0 Å². The Kier molecular flexibility index (Phi) is 4.09. The number of carboxylic acids is 1. The molecule has 0 bridgehead atoms. The lowest BCUT2D eigenvalue weighted by atomic mass is 10.2. The van der Waals surface area contributed by atoms with Gasteiger partial charge in [-0.25, -0.2) is 4.39 Å². The third-order valence-corrected chi connectivity index (χ3v) is 1.92. The number of carbonyl (C=O) groups excluding carboxylic acids is 1. The minimum absolute atomic E-state index is 0.0773. The van der Waals surface area contributed by atoms with Crippen LogP contribution in [0.1, 0.15) is 30.1 Å². The molecule has 82 valence electrons. The minimum Gasteiger partial charge on any atom is -0.545 e. The van der Waals surface area contributed by atoms with Crippen molar-refractivity contribution in [2.45, 2.75) is 19.8 Å². The lowest BCUT2D eigenvalue weighted by molar-refractivity contribution is -0.255. The van der Waals surface area contributed by atoms with Gasteiger partial charge in [-0.3, -0.25) is 0 Å². The van der Waals surface area contributed by atoms with Crippen molar-refractivity contribution in [1.29, 1.82) is 0 Å². The van der Waals surface area contributed by atoms with Gasteiger partial charge in [-0.2, -0.15) is 0 Å². The number of unbranched alkanes of at least 4 members (excludes halogenated alkanes) is 1. The first-order valence-corrected chi connectivity index (χ1v) is 4.79. The second-order valence-electron chi connectivity index (χ2n) is 3.13. The number of hydrogen-bond acceptors (Lipinski definition) is 3. The zero-order valence-electron chi connectivity index (χ0n) is 8.46. The van der Waals surface area contributed by atoms with E-state index in [2.05, 4.69) is 0 Å². The van der Waals surface area contributed by atoms with Crippen LogP contribution in [0.3, 0.4) is 0 Å². The minimum atomic E-state index is -1.39. The number of benzene rings is 1. The Morgan fingerprint density at radius 2 is 2.27 bits per heavy atom. The van der Waals surface area contributed by atoms with Gasteiger partial charge < -0.3 is 14.6 Å². The summed E-state index contributed by atoms with van der Waals surface area (Å²) in [6, 6.07) is 3.46. The maximum Gasteiger partial charge on any atom is 0.165 e. The van der Waals surface area contributed by atoms with Crippen LogP contribution in [-0.4, -0.2) is 12.6 Å². The first-order valence-electron chi connectivity index (χ1n) is 4.79. The number of ether oxygens (including phenoxy) is 1. The summed E-state index contributed by atoms with van der Waals surface area (Å²) in [7, 11) is 0. The molecule has 0 saturated carbocycles. The molecule has 0 amide bonds. The predicted octanol–water partition coefficient (Wildman–Crippen LogP) is 1.37. The summed E-state index contributed by atoms with van der Waals surface area (Å²) in [6.07, 6.45) is 1.79. The summed E-state index contributed by atoms with van der Waals surface area (Å²) >= 11 is 0. The van der Waals surface area contributed by atoms with Gasteiger partial charge in [-0.05, 0) is 24.6 Å². The van der Waals surface area contributed by atoms with Crippen molar-refractivity contribution in [3.05, 3.63) is 29.6 Å². The van der Waals surface area contributed by atoms with E-state index < -0.39 is 11.8 Å². The van der Waals surface area contributed by atoms with E-state index in [-0.39, 0.29) is 11.3 Å². The molecular formula is C11H12FO3-. The number of carboxylic acid groups (broad SMARTS) is 1. The summed E-state index contributed by atoms with van der Waals surface area (Å²) in [5.41, 5.74) is -0.185. The van der Waals surface area contributed by atoms with Crippen molar-refractivity contribution >= 4 is 5.97 Å². The standard InChI is InChI=1S/C11H13FO3/c1-2-3-6-15-10-5-4-8(11(13)14)7-9(10)12/h4-5,7H,2-3,6H2,1H3,(H,13,14)/p-1. The van der Waals surface area contributed by atoms with Crippen LogP contribution in [0.4, 0.5) is 4.39 Å². The molecule has 4 heteroatoms. The van der Waals surface area contributed by atoms with Gasteiger partial charge in [0.2, 0.25) is 0 Å². The van der Waals surface area contributed by atoms with E-state index in [9.17, 15) is 14.3 Å². The molecule has 0 saturated heterocycles. The lowest BCUT2D eigenvalue weighted by Gasteiger charge is -2.08. The fourth-order valence-corrected chi connectivity index (χ4v) is 1.07. The number of rotatable bonds is 5. The van der Waals surface area contributed by atoms with Crippen LogP contribution in [0.25, 0.3) is 0 Å². The topological polar surface area (TPSA) is 49.4 Å². The van der Waals surface area contributed by atoms with E-state index in [1.807, 2.05) is 6.92 Å². The SMILES string of the molecule is CCCCOc1ccc(C(=O)[O-])cc1F. The van der Waals surface area contributed by atoms with Crippen LogP contribution in [-0.2, 0) is 0 Å². The molecule has 0 aliphatic rings. The van der Waals surface area contributed by atoms with E-state index in [1.165, 1.54) is 12.1 Å². The molecule has 1 aromatic carbocycles. The Morgan fingerprint density at radius 1 is 1.53 bits per heavy atom. The largest absolute Gasteiger partial charge is 0.545 e. The van der Waals surface area contributed by atoms with Crippen LogP contribution in [0.15, 0.2) is 18.2 Å². The number of aromatic carboxylic acids is 1. The van der Waals surface area contributed by atoms with Crippen molar-refractivity contribution in [1.82, 2.24) is 0 Å². The Balaban J connectivity index is 2.70. The third-order valence-electron chi connectivity index (χ3n) is 1.92. The van der Waals surface area contributed by atoms with Gasteiger partial charge in [-0.1, -0.05) is 13.3 Å². The molecule has 1 aromatic rings. The number of hydrogen-bond donors (Lipinski definition) is 0. The van der Waals surface area contributed by atoms with Crippen molar-refractivity contribution in [2.24, 2.45) is 0 Å². The summed E-state index contributed by atoms with van der Waals surface area (Å²) < 4.78 is 18.3. The zero-order valence-corrected chi connectivity index (χ0v) is 8.46. The predicted molar refractivity (Wildman–Crippen MR) is 51.1 cm³/mol. The van der Waals surface area contributed by atoms with E-state index in [4.69, 9.17) is 4.74 Å². The Bertz CT molecular complexity index is 350. The summed E-state index contributed by atoms with van der Waals surface area (Å²) in [5, 5.41) is 10.4. The molecule has 0 radical (unpaired) electrons. The number of carbonyl (C=O) groups is 1. The van der Waals surface area contributed by atoms with Crippen molar-refractivity contribution in [2.75, 3.05) is 6.61 Å². The number of halogens is 1. The van der Waals surface area contributed by atoms with Crippen LogP contribution < -0.4 is 9.84 Å². The molecular weight excluding hydrogens is 199 g/mol. The molecule has 3 nitrogen and oxygen atoms in total. The summed E-state index contributed by atoms with van der Waals surface area (Å²) in [6.45, 7) is 2.43. The Hall–Kier alpha value is -1.58. The molecule has 0 heterocycles. The first-order chi connectivity index (χ1) is 7.15. The fourth-order valence-electron chi connectivity index (χ4n) is 1.07. The van der Waals surface area contributed by atoms with Gasteiger partial charge in [0.1, 0.15) is 0 Å². The maximum absolute atomic E-state index is 13.2. The fraction of sp³-hybridized carbons (Fsp3) is 0.364. The Labute approximate surface area is 87.5 Å². The van der Waals surface area contributed by atoms with Crippen LogP contribution >= 0.6 is 0 Å².